The van der Waals surface area contributed by atoms with E-state index in [0.29, 0.717) is 0 Å². The third-order valence-corrected chi connectivity index (χ3v) is 2.51. The van der Waals surface area contributed by atoms with Gasteiger partial charge in [0.15, 0.2) is 6.10 Å². The molecule has 0 aliphatic heterocycles. The van der Waals surface area contributed by atoms with Gasteiger partial charge in [-0.1, -0.05) is 0 Å². The van der Waals surface area contributed by atoms with Crippen LogP contribution in [0.3, 0.4) is 0 Å². The van der Waals surface area contributed by atoms with E-state index in [2.05, 4.69) is 14.2 Å². The van der Waals surface area contributed by atoms with E-state index in [0.717, 1.165) is 0 Å². The van der Waals surface area contributed by atoms with E-state index < -0.39 is 35.8 Å². The van der Waals surface area contributed by atoms with Crippen LogP contribution in [0.15, 0.2) is 0 Å². The number of hydrogen-bond donors (Lipinski definition) is 3. The van der Waals surface area contributed by atoms with Crippen LogP contribution in [-0.4, -0.2) is 45.7 Å². The summed E-state index contributed by atoms with van der Waals surface area (Å²) in [6.07, 6.45) is -6.63. The molecule has 0 aromatic carbocycles. The van der Waals surface area contributed by atoms with Gasteiger partial charge in [-0.2, -0.15) is 0 Å². The Morgan fingerprint density at radius 2 is 1.35 bits per heavy atom. The van der Waals surface area contributed by atoms with Crippen molar-refractivity contribution in [3.8, 4) is 0 Å². The standard InChI is InChI=1S/C8H10O9/c1-7(2)3(15-4(9)10)8(7,16-5(11)12)17-6(13)14/h3H,1-2H3,(H,9,10)(H,11,12)(H,13,14). The van der Waals surface area contributed by atoms with Gasteiger partial charge in [-0.15, -0.1) is 0 Å². The second kappa shape index (κ2) is 3.68. The van der Waals surface area contributed by atoms with Crippen LogP contribution in [-0.2, 0) is 14.2 Å². The van der Waals surface area contributed by atoms with Gasteiger partial charge in [-0.05, 0) is 13.8 Å². The number of carboxylic acid groups (broad SMARTS) is 3. The monoisotopic (exact) mass is 250 g/mol. The summed E-state index contributed by atoms with van der Waals surface area (Å²) in [7, 11) is 0. The summed E-state index contributed by atoms with van der Waals surface area (Å²) in [4.78, 5) is 31.3. The van der Waals surface area contributed by atoms with Crippen LogP contribution < -0.4 is 0 Å². The lowest BCUT2D eigenvalue weighted by Crippen LogP contribution is -2.32. The van der Waals surface area contributed by atoms with Crippen molar-refractivity contribution in [2.75, 3.05) is 0 Å². The summed E-state index contributed by atoms with van der Waals surface area (Å²) in [6, 6.07) is 0. The Labute approximate surface area is 94.5 Å². The second-order valence-corrected chi connectivity index (χ2v) is 3.89. The minimum absolute atomic E-state index is 1.23. The highest BCUT2D eigenvalue weighted by molar-refractivity contribution is 5.64. The molecular weight excluding hydrogens is 240 g/mol. The van der Waals surface area contributed by atoms with Gasteiger partial charge >= 0.3 is 24.3 Å². The van der Waals surface area contributed by atoms with Crippen molar-refractivity contribution in [3.05, 3.63) is 0 Å². The van der Waals surface area contributed by atoms with Crippen LogP contribution in [0.2, 0.25) is 0 Å². The molecule has 1 saturated carbocycles. The highest BCUT2D eigenvalue weighted by Crippen LogP contribution is 2.61. The molecule has 3 N–H and O–H groups in total. The lowest BCUT2D eigenvalue weighted by Gasteiger charge is -2.16. The van der Waals surface area contributed by atoms with Crippen LogP contribution in [0.5, 0.6) is 0 Å². The fourth-order valence-electron chi connectivity index (χ4n) is 1.61. The maximum atomic E-state index is 10.5. The van der Waals surface area contributed by atoms with Gasteiger partial charge in [0, 0.05) is 0 Å². The Balaban J connectivity index is 2.95. The van der Waals surface area contributed by atoms with Crippen LogP contribution >= 0.6 is 0 Å². The van der Waals surface area contributed by atoms with Crippen molar-refractivity contribution in [1.82, 2.24) is 0 Å². The van der Waals surface area contributed by atoms with Crippen molar-refractivity contribution < 1.29 is 43.9 Å². The topological polar surface area (TPSA) is 140 Å². The van der Waals surface area contributed by atoms with E-state index >= 15 is 0 Å². The first-order chi connectivity index (χ1) is 7.63. The molecular formula is C8H10O9. The van der Waals surface area contributed by atoms with Gasteiger partial charge in [-0.25, -0.2) is 14.4 Å². The molecule has 0 bridgehead atoms. The molecule has 0 aromatic rings. The van der Waals surface area contributed by atoms with Gasteiger partial charge in [0.25, 0.3) is 0 Å². The van der Waals surface area contributed by atoms with E-state index in [9.17, 15) is 14.4 Å². The Kier molecular flexibility index (Phi) is 2.79. The SMILES string of the molecule is CC1(C)C(OC(=O)O)C1(OC(=O)O)OC(=O)O. The molecule has 0 saturated heterocycles. The predicted molar refractivity (Wildman–Crippen MR) is 47.6 cm³/mol. The van der Waals surface area contributed by atoms with Crippen molar-refractivity contribution in [3.63, 3.8) is 0 Å². The minimum atomic E-state index is -2.16. The third kappa shape index (κ3) is 2.03. The molecule has 1 aliphatic carbocycles. The zero-order valence-corrected chi connectivity index (χ0v) is 8.87. The summed E-state index contributed by atoms with van der Waals surface area (Å²) in [5.74, 6) is -2.16. The molecule has 9 nitrogen and oxygen atoms in total. The molecule has 0 radical (unpaired) electrons. The number of ether oxygens (including phenoxy) is 3. The van der Waals surface area contributed by atoms with Crippen LogP contribution in [0.4, 0.5) is 14.4 Å². The molecule has 96 valence electrons. The fraction of sp³-hybridized carbons (Fsp3) is 0.625. The highest BCUT2D eigenvalue weighted by atomic mass is 16.8. The van der Waals surface area contributed by atoms with E-state index in [4.69, 9.17) is 15.3 Å². The Hall–Kier alpha value is -2.19. The summed E-state index contributed by atoms with van der Waals surface area (Å²) in [6.45, 7) is 2.71. The maximum absolute atomic E-state index is 10.5. The molecule has 0 amide bonds. The van der Waals surface area contributed by atoms with Crippen LogP contribution in [0, 0.1) is 5.41 Å². The molecule has 1 atom stereocenters. The molecule has 1 aliphatic rings. The van der Waals surface area contributed by atoms with Gasteiger partial charge in [0.05, 0.1) is 5.41 Å². The third-order valence-electron chi connectivity index (χ3n) is 2.51. The second-order valence-electron chi connectivity index (χ2n) is 3.89. The summed E-state index contributed by atoms with van der Waals surface area (Å²) in [5.41, 5.74) is -1.23. The lowest BCUT2D eigenvalue weighted by molar-refractivity contribution is -0.148. The zero-order chi connectivity index (χ0) is 13.4. The van der Waals surface area contributed by atoms with E-state index in [1.807, 2.05) is 0 Å². The molecule has 0 spiro atoms. The number of hydrogen-bond acceptors (Lipinski definition) is 6. The quantitative estimate of drug-likeness (QED) is 0.497. The van der Waals surface area contributed by atoms with Gasteiger partial charge < -0.3 is 29.5 Å². The zero-order valence-electron chi connectivity index (χ0n) is 8.87. The fourth-order valence-corrected chi connectivity index (χ4v) is 1.61. The van der Waals surface area contributed by atoms with Crippen molar-refractivity contribution in [2.24, 2.45) is 5.41 Å². The Bertz CT molecular complexity index is 355. The first-order valence-corrected chi connectivity index (χ1v) is 4.37. The average Bonchev–Trinajstić information content (AvgIpc) is 2.47. The first-order valence-electron chi connectivity index (χ1n) is 4.37. The highest BCUT2D eigenvalue weighted by Gasteiger charge is 2.82. The van der Waals surface area contributed by atoms with Gasteiger partial charge in [-0.3, -0.25) is 0 Å². The molecule has 0 heterocycles. The largest absolute Gasteiger partial charge is 0.509 e. The molecule has 9 heteroatoms. The molecule has 0 aromatic heterocycles. The summed E-state index contributed by atoms with van der Waals surface area (Å²) < 4.78 is 13.0. The molecule has 1 unspecified atom stereocenters. The lowest BCUT2D eigenvalue weighted by atomic mass is 10.2. The van der Waals surface area contributed by atoms with Crippen LogP contribution in [0.1, 0.15) is 13.8 Å². The van der Waals surface area contributed by atoms with Crippen molar-refractivity contribution in [2.45, 2.75) is 25.7 Å². The molecule has 1 rings (SSSR count). The Morgan fingerprint density at radius 1 is 0.941 bits per heavy atom. The number of rotatable bonds is 3. The van der Waals surface area contributed by atoms with Crippen molar-refractivity contribution >= 4 is 18.5 Å². The van der Waals surface area contributed by atoms with Crippen LogP contribution in [0.25, 0.3) is 0 Å². The summed E-state index contributed by atoms with van der Waals surface area (Å²) >= 11 is 0. The molecule has 1 fully saturated rings. The smallest absolute Gasteiger partial charge is 0.450 e. The minimum Gasteiger partial charge on any atom is -0.450 e. The van der Waals surface area contributed by atoms with Crippen molar-refractivity contribution in [1.29, 1.82) is 0 Å². The normalized spacial score (nSPS) is 23.3. The summed E-state index contributed by atoms with van der Waals surface area (Å²) in [5, 5.41) is 25.4. The number of carbonyl (C=O) groups is 3. The Morgan fingerprint density at radius 3 is 1.65 bits per heavy atom. The van der Waals surface area contributed by atoms with E-state index in [-0.39, 0.29) is 0 Å². The first kappa shape index (κ1) is 12.9. The maximum Gasteiger partial charge on any atom is 0.509 e. The van der Waals surface area contributed by atoms with Gasteiger partial charge in [0.1, 0.15) is 0 Å². The van der Waals surface area contributed by atoms with E-state index in [1.165, 1.54) is 13.8 Å². The van der Waals surface area contributed by atoms with E-state index in [1.54, 1.807) is 0 Å². The van der Waals surface area contributed by atoms with Gasteiger partial charge in [0.2, 0.25) is 0 Å². The predicted octanol–water partition coefficient (Wildman–Crippen LogP) is 1.17. The molecule has 17 heavy (non-hydrogen) atoms. The average molecular weight is 250 g/mol.